The SMILES string of the molecule is CC(C)CCCCCCSC(C)C. The van der Waals surface area contributed by atoms with Gasteiger partial charge in [0.1, 0.15) is 0 Å². The molecule has 0 nitrogen and oxygen atoms in total. The topological polar surface area (TPSA) is 0 Å². The monoisotopic (exact) mass is 202 g/mol. The standard InChI is InChI=1S/C12H26S/c1-11(2)9-7-5-6-8-10-13-12(3)4/h11-12H,5-10H2,1-4H3. The molecular weight excluding hydrogens is 176 g/mol. The molecule has 0 atom stereocenters. The summed E-state index contributed by atoms with van der Waals surface area (Å²) in [5, 5.41) is 0.815. The summed E-state index contributed by atoms with van der Waals surface area (Å²) in [4.78, 5) is 0. The van der Waals surface area contributed by atoms with Crippen LogP contribution in [-0.4, -0.2) is 11.0 Å². The van der Waals surface area contributed by atoms with E-state index in [9.17, 15) is 0 Å². The molecule has 0 aliphatic carbocycles. The molecule has 0 N–H and O–H groups in total. The van der Waals surface area contributed by atoms with Crippen LogP contribution in [0.3, 0.4) is 0 Å². The molecule has 0 heterocycles. The zero-order valence-corrected chi connectivity index (χ0v) is 10.6. The van der Waals surface area contributed by atoms with E-state index in [1.807, 2.05) is 0 Å². The summed E-state index contributed by atoms with van der Waals surface area (Å²) in [5.41, 5.74) is 0. The molecule has 1 heteroatoms. The highest BCUT2D eigenvalue weighted by Crippen LogP contribution is 2.14. The van der Waals surface area contributed by atoms with Crippen LogP contribution < -0.4 is 0 Å². The van der Waals surface area contributed by atoms with Gasteiger partial charge in [-0.25, -0.2) is 0 Å². The summed E-state index contributed by atoms with van der Waals surface area (Å²) in [5.74, 6) is 2.25. The molecule has 0 spiro atoms. The second-order valence-electron chi connectivity index (χ2n) is 4.52. The maximum absolute atomic E-state index is 2.31. The Kier molecular flexibility index (Phi) is 9.17. The molecule has 0 aromatic rings. The summed E-state index contributed by atoms with van der Waals surface area (Å²) in [6.07, 6.45) is 7.14. The number of rotatable bonds is 8. The van der Waals surface area contributed by atoms with Crippen molar-refractivity contribution < 1.29 is 0 Å². The van der Waals surface area contributed by atoms with Crippen LogP contribution in [0.25, 0.3) is 0 Å². The minimum atomic E-state index is 0.815. The van der Waals surface area contributed by atoms with Gasteiger partial charge in [0.05, 0.1) is 0 Å². The predicted molar refractivity (Wildman–Crippen MR) is 65.5 cm³/mol. The van der Waals surface area contributed by atoms with Crippen LogP contribution in [0.4, 0.5) is 0 Å². The zero-order chi connectivity index (χ0) is 10.1. The van der Waals surface area contributed by atoms with Gasteiger partial charge in [-0.1, -0.05) is 53.4 Å². The fraction of sp³-hybridized carbons (Fsp3) is 1.00. The quantitative estimate of drug-likeness (QED) is 0.513. The Morgan fingerprint density at radius 3 is 2.00 bits per heavy atom. The largest absolute Gasteiger partial charge is 0.159 e. The number of hydrogen-bond donors (Lipinski definition) is 0. The van der Waals surface area contributed by atoms with Crippen molar-refractivity contribution in [2.75, 3.05) is 5.75 Å². The smallest absolute Gasteiger partial charge is 0.000968 e. The molecule has 0 unspecified atom stereocenters. The van der Waals surface area contributed by atoms with E-state index in [1.165, 1.54) is 37.9 Å². The third-order valence-corrected chi connectivity index (χ3v) is 3.32. The average molecular weight is 202 g/mol. The first kappa shape index (κ1) is 13.4. The van der Waals surface area contributed by atoms with Crippen LogP contribution in [0.5, 0.6) is 0 Å². The van der Waals surface area contributed by atoms with Gasteiger partial charge in [-0.15, -0.1) is 0 Å². The van der Waals surface area contributed by atoms with E-state index in [1.54, 1.807) is 0 Å². The second kappa shape index (κ2) is 8.93. The highest BCUT2D eigenvalue weighted by atomic mass is 32.2. The van der Waals surface area contributed by atoms with Crippen LogP contribution >= 0.6 is 11.8 Å². The van der Waals surface area contributed by atoms with Crippen LogP contribution in [0, 0.1) is 5.92 Å². The van der Waals surface area contributed by atoms with Crippen molar-refractivity contribution in [3.63, 3.8) is 0 Å². The lowest BCUT2D eigenvalue weighted by atomic mass is 10.0. The number of hydrogen-bond acceptors (Lipinski definition) is 1. The van der Waals surface area contributed by atoms with Gasteiger partial charge in [0.2, 0.25) is 0 Å². The highest BCUT2D eigenvalue weighted by molar-refractivity contribution is 7.99. The van der Waals surface area contributed by atoms with Crippen LogP contribution in [-0.2, 0) is 0 Å². The van der Waals surface area contributed by atoms with Crippen molar-refractivity contribution in [3.8, 4) is 0 Å². The summed E-state index contributed by atoms with van der Waals surface area (Å²) in [6, 6.07) is 0. The van der Waals surface area contributed by atoms with E-state index in [0.717, 1.165) is 11.2 Å². The summed E-state index contributed by atoms with van der Waals surface area (Å²) >= 11 is 2.10. The first-order valence-electron chi connectivity index (χ1n) is 5.74. The average Bonchev–Trinajstić information content (AvgIpc) is 2.01. The van der Waals surface area contributed by atoms with E-state index in [0.29, 0.717) is 0 Å². The molecule has 0 radical (unpaired) electrons. The maximum atomic E-state index is 2.31. The summed E-state index contributed by atoms with van der Waals surface area (Å²) < 4.78 is 0. The van der Waals surface area contributed by atoms with E-state index in [4.69, 9.17) is 0 Å². The number of thioether (sulfide) groups is 1. The Morgan fingerprint density at radius 1 is 0.846 bits per heavy atom. The molecule has 0 fully saturated rings. The van der Waals surface area contributed by atoms with Gasteiger partial charge in [0.15, 0.2) is 0 Å². The van der Waals surface area contributed by atoms with Gasteiger partial charge in [-0.3, -0.25) is 0 Å². The highest BCUT2D eigenvalue weighted by Gasteiger charge is 1.96. The van der Waals surface area contributed by atoms with Crippen molar-refractivity contribution >= 4 is 11.8 Å². The molecule has 0 aliphatic rings. The molecule has 0 aliphatic heterocycles. The van der Waals surface area contributed by atoms with Crippen molar-refractivity contribution in [3.05, 3.63) is 0 Å². The second-order valence-corrected chi connectivity index (χ2v) is 6.20. The molecule has 13 heavy (non-hydrogen) atoms. The minimum absolute atomic E-state index is 0.815. The van der Waals surface area contributed by atoms with E-state index in [2.05, 4.69) is 39.5 Å². The zero-order valence-electron chi connectivity index (χ0n) is 9.81. The molecule has 80 valence electrons. The molecular formula is C12H26S. The van der Waals surface area contributed by atoms with E-state index in [-0.39, 0.29) is 0 Å². The van der Waals surface area contributed by atoms with Gasteiger partial charge in [0.25, 0.3) is 0 Å². The van der Waals surface area contributed by atoms with Crippen LogP contribution in [0.15, 0.2) is 0 Å². The van der Waals surface area contributed by atoms with Crippen molar-refractivity contribution in [2.45, 2.75) is 65.0 Å². The Labute approximate surface area is 88.9 Å². The summed E-state index contributed by atoms with van der Waals surface area (Å²) in [6.45, 7) is 9.19. The van der Waals surface area contributed by atoms with E-state index >= 15 is 0 Å². The third kappa shape index (κ3) is 12.4. The Morgan fingerprint density at radius 2 is 1.46 bits per heavy atom. The summed E-state index contributed by atoms with van der Waals surface area (Å²) in [7, 11) is 0. The van der Waals surface area contributed by atoms with Crippen molar-refractivity contribution in [2.24, 2.45) is 5.92 Å². The molecule has 0 aromatic carbocycles. The van der Waals surface area contributed by atoms with Crippen LogP contribution in [0.2, 0.25) is 0 Å². The first-order valence-corrected chi connectivity index (χ1v) is 6.79. The molecule has 0 rings (SSSR count). The van der Waals surface area contributed by atoms with E-state index < -0.39 is 0 Å². The Hall–Kier alpha value is 0.350. The van der Waals surface area contributed by atoms with Gasteiger partial charge >= 0.3 is 0 Å². The fourth-order valence-electron chi connectivity index (χ4n) is 1.33. The van der Waals surface area contributed by atoms with Gasteiger partial charge in [0, 0.05) is 0 Å². The van der Waals surface area contributed by atoms with Crippen LogP contribution in [0.1, 0.15) is 59.8 Å². The van der Waals surface area contributed by atoms with Gasteiger partial charge in [-0.05, 0) is 23.3 Å². The normalized spacial score (nSPS) is 11.5. The van der Waals surface area contributed by atoms with Crippen molar-refractivity contribution in [1.82, 2.24) is 0 Å². The third-order valence-electron chi connectivity index (χ3n) is 2.13. The molecule has 0 amide bonds. The van der Waals surface area contributed by atoms with Gasteiger partial charge < -0.3 is 0 Å². The number of unbranched alkanes of at least 4 members (excludes halogenated alkanes) is 3. The maximum Gasteiger partial charge on any atom is -0.000968 e. The van der Waals surface area contributed by atoms with Crippen molar-refractivity contribution in [1.29, 1.82) is 0 Å². The molecule has 0 bridgehead atoms. The van der Waals surface area contributed by atoms with Gasteiger partial charge in [-0.2, -0.15) is 11.8 Å². The molecule has 0 saturated carbocycles. The molecule has 0 saturated heterocycles. The predicted octanol–water partition coefficient (Wildman–Crippen LogP) is 4.73. The lowest BCUT2D eigenvalue weighted by Gasteiger charge is -2.05. The minimum Gasteiger partial charge on any atom is -0.159 e. The fourth-order valence-corrected chi connectivity index (χ4v) is 2.17. The Bertz CT molecular complexity index is 85.3. The lowest BCUT2D eigenvalue weighted by molar-refractivity contribution is 0.525. The Balaban J connectivity index is 2.92. The lowest BCUT2D eigenvalue weighted by Crippen LogP contribution is -1.91. The molecule has 0 aromatic heterocycles. The first-order chi connectivity index (χ1) is 6.13.